The first kappa shape index (κ1) is 21.5. The summed E-state index contributed by atoms with van der Waals surface area (Å²) in [5.74, 6) is -0.499. The quantitative estimate of drug-likeness (QED) is 0.649. The number of imide groups is 1. The van der Waals surface area contributed by atoms with Crippen LogP contribution in [-0.4, -0.2) is 40.7 Å². The van der Waals surface area contributed by atoms with Gasteiger partial charge in [-0.15, -0.1) is 0 Å². The zero-order valence-corrected chi connectivity index (χ0v) is 18.1. The van der Waals surface area contributed by atoms with Gasteiger partial charge < -0.3 is 5.32 Å². The molecule has 1 aromatic rings. The largest absolute Gasteiger partial charge is 0.350 e. The zero-order valence-electron chi connectivity index (χ0n) is 15.7. The van der Waals surface area contributed by atoms with Gasteiger partial charge in [-0.3, -0.25) is 19.3 Å². The lowest BCUT2D eigenvalue weighted by atomic mass is 9.81. The van der Waals surface area contributed by atoms with Crippen molar-refractivity contribution in [2.75, 3.05) is 12.0 Å². The third-order valence-electron chi connectivity index (χ3n) is 5.55. The van der Waals surface area contributed by atoms with Gasteiger partial charge >= 0.3 is 0 Å². The van der Waals surface area contributed by atoms with Crippen LogP contribution in [0.5, 0.6) is 0 Å². The number of nitrogens with one attached hydrogen (secondary N) is 1. The maximum atomic E-state index is 12.9. The lowest BCUT2D eigenvalue weighted by Crippen LogP contribution is -2.50. The standard InChI is InChI=1S/C20H24Cl2N2O3S/c1-28-9-8-17(18(25)23-11-12-6-7-13(21)10-16(12)22)24-19(26)14-4-2-3-5-15(14)20(24)27/h6-7,10,14-15,17H,2-5,8-9,11H2,1H3,(H,23,25)/t14-,15-,17+/m0/s1. The zero-order chi connectivity index (χ0) is 20.3. The molecule has 3 rings (SSSR count). The molecule has 0 bridgehead atoms. The van der Waals surface area contributed by atoms with Crippen molar-refractivity contribution >= 4 is 52.7 Å². The molecule has 0 spiro atoms. The van der Waals surface area contributed by atoms with Crippen LogP contribution in [0.1, 0.15) is 37.7 Å². The lowest BCUT2D eigenvalue weighted by molar-refractivity contribution is -0.148. The molecule has 2 fully saturated rings. The Bertz CT molecular complexity index is 750. The van der Waals surface area contributed by atoms with E-state index in [1.54, 1.807) is 30.0 Å². The first-order valence-corrected chi connectivity index (χ1v) is 11.7. The van der Waals surface area contributed by atoms with Crippen LogP contribution in [0.3, 0.4) is 0 Å². The number of nitrogens with zero attached hydrogens (tertiary/aromatic N) is 1. The molecule has 1 heterocycles. The van der Waals surface area contributed by atoms with E-state index in [4.69, 9.17) is 23.2 Å². The van der Waals surface area contributed by atoms with Gasteiger partial charge in [0.05, 0.1) is 11.8 Å². The number of hydrogen-bond acceptors (Lipinski definition) is 4. The third kappa shape index (κ3) is 4.50. The van der Waals surface area contributed by atoms with Gasteiger partial charge in [-0.25, -0.2) is 0 Å². The van der Waals surface area contributed by atoms with Crippen molar-refractivity contribution in [3.63, 3.8) is 0 Å². The molecule has 1 aromatic carbocycles. The number of amides is 3. The number of hydrogen-bond donors (Lipinski definition) is 1. The number of carbonyl (C=O) groups excluding carboxylic acids is 3. The molecule has 3 amide bonds. The van der Waals surface area contributed by atoms with Crippen molar-refractivity contribution in [2.24, 2.45) is 11.8 Å². The molecule has 0 unspecified atom stereocenters. The molecule has 3 atom stereocenters. The second-order valence-corrected chi connectivity index (χ2v) is 9.12. The molecule has 152 valence electrons. The predicted octanol–water partition coefficient (Wildman–Crippen LogP) is 3.91. The Balaban J connectivity index is 1.74. The van der Waals surface area contributed by atoms with E-state index < -0.39 is 6.04 Å². The Morgan fingerprint density at radius 3 is 2.43 bits per heavy atom. The van der Waals surface area contributed by atoms with Crippen LogP contribution in [0.25, 0.3) is 0 Å². The van der Waals surface area contributed by atoms with Gasteiger partial charge in [-0.05, 0) is 49.0 Å². The van der Waals surface area contributed by atoms with Crippen molar-refractivity contribution < 1.29 is 14.4 Å². The van der Waals surface area contributed by atoms with Crippen LogP contribution >= 0.6 is 35.0 Å². The van der Waals surface area contributed by atoms with Crippen LogP contribution in [0.4, 0.5) is 0 Å². The van der Waals surface area contributed by atoms with Gasteiger partial charge in [0.25, 0.3) is 0 Å². The highest BCUT2D eigenvalue weighted by molar-refractivity contribution is 7.98. The van der Waals surface area contributed by atoms with Gasteiger partial charge in [0.15, 0.2) is 0 Å². The van der Waals surface area contributed by atoms with Gasteiger partial charge in [0, 0.05) is 16.6 Å². The maximum absolute atomic E-state index is 12.9. The highest BCUT2D eigenvalue weighted by Gasteiger charge is 2.51. The fourth-order valence-electron chi connectivity index (χ4n) is 4.07. The Kier molecular flexibility index (Phi) is 7.29. The highest BCUT2D eigenvalue weighted by Crippen LogP contribution is 2.39. The summed E-state index contributed by atoms with van der Waals surface area (Å²) in [6.07, 6.45) is 5.79. The molecule has 5 nitrogen and oxygen atoms in total. The van der Waals surface area contributed by atoms with E-state index in [0.29, 0.717) is 22.2 Å². The van der Waals surface area contributed by atoms with Crippen LogP contribution in [0, 0.1) is 11.8 Å². The molecule has 1 saturated carbocycles. The van der Waals surface area contributed by atoms with E-state index in [-0.39, 0.29) is 36.1 Å². The topological polar surface area (TPSA) is 66.5 Å². The lowest BCUT2D eigenvalue weighted by Gasteiger charge is -2.26. The first-order chi connectivity index (χ1) is 13.4. The molecule has 1 aliphatic carbocycles. The smallest absolute Gasteiger partial charge is 0.243 e. The van der Waals surface area contributed by atoms with E-state index in [2.05, 4.69) is 5.32 Å². The molecule has 28 heavy (non-hydrogen) atoms. The minimum absolute atomic E-state index is 0.180. The van der Waals surface area contributed by atoms with Crippen LogP contribution < -0.4 is 5.32 Å². The summed E-state index contributed by atoms with van der Waals surface area (Å²) < 4.78 is 0. The molecule has 1 N–H and O–H groups in total. The van der Waals surface area contributed by atoms with Crippen LogP contribution in [0.2, 0.25) is 10.0 Å². The van der Waals surface area contributed by atoms with E-state index in [1.807, 2.05) is 6.26 Å². The van der Waals surface area contributed by atoms with Crippen molar-refractivity contribution in [2.45, 2.75) is 44.7 Å². The summed E-state index contributed by atoms with van der Waals surface area (Å²) in [4.78, 5) is 40.0. The first-order valence-electron chi connectivity index (χ1n) is 9.51. The minimum Gasteiger partial charge on any atom is -0.350 e. The number of carbonyl (C=O) groups is 3. The van der Waals surface area contributed by atoms with Crippen molar-refractivity contribution in [1.29, 1.82) is 0 Å². The molecule has 8 heteroatoms. The summed E-state index contributed by atoms with van der Waals surface area (Å²) in [6, 6.07) is 4.30. The molecule has 1 aliphatic heterocycles. The SMILES string of the molecule is CSCC[C@H](C(=O)NCc1ccc(Cl)cc1Cl)N1C(=O)[C@H]2CCCC[C@@H]2C1=O. The van der Waals surface area contributed by atoms with E-state index >= 15 is 0 Å². The normalized spacial score (nSPS) is 22.9. The van der Waals surface area contributed by atoms with Crippen LogP contribution in [0.15, 0.2) is 18.2 Å². The fourth-order valence-corrected chi connectivity index (χ4v) is 5.00. The minimum atomic E-state index is -0.774. The number of likely N-dealkylation sites (tertiary alicyclic amines) is 1. The van der Waals surface area contributed by atoms with Crippen molar-refractivity contribution in [3.05, 3.63) is 33.8 Å². The molecule has 1 saturated heterocycles. The van der Waals surface area contributed by atoms with Gasteiger partial charge in [-0.2, -0.15) is 11.8 Å². The second kappa shape index (κ2) is 9.51. The molecular formula is C20H24Cl2N2O3S. The van der Waals surface area contributed by atoms with Crippen LogP contribution in [-0.2, 0) is 20.9 Å². The van der Waals surface area contributed by atoms with Gasteiger partial charge in [-0.1, -0.05) is 42.1 Å². The Hall–Kier alpha value is -1.24. The number of benzene rings is 1. The maximum Gasteiger partial charge on any atom is 0.243 e. The monoisotopic (exact) mass is 442 g/mol. The molecule has 0 radical (unpaired) electrons. The average Bonchev–Trinajstić information content (AvgIpc) is 2.93. The Morgan fingerprint density at radius 1 is 1.21 bits per heavy atom. The number of halogens is 2. The molecule has 0 aromatic heterocycles. The summed E-state index contributed by atoms with van der Waals surface area (Å²) in [5.41, 5.74) is 0.732. The Morgan fingerprint density at radius 2 is 1.86 bits per heavy atom. The number of fused-ring (bicyclic) bond motifs is 1. The highest BCUT2D eigenvalue weighted by atomic mass is 35.5. The van der Waals surface area contributed by atoms with Crippen molar-refractivity contribution in [3.8, 4) is 0 Å². The van der Waals surface area contributed by atoms with Crippen molar-refractivity contribution in [1.82, 2.24) is 10.2 Å². The Labute approximate surface area is 179 Å². The summed E-state index contributed by atoms with van der Waals surface area (Å²) in [7, 11) is 0. The summed E-state index contributed by atoms with van der Waals surface area (Å²) in [6.45, 7) is 0.216. The fraction of sp³-hybridized carbons (Fsp3) is 0.550. The van der Waals surface area contributed by atoms with Gasteiger partial charge in [0.2, 0.25) is 17.7 Å². The molecule has 2 aliphatic rings. The van der Waals surface area contributed by atoms with E-state index in [9.17, 15) is 14.4 Å². The summed E-state index contributed by atoms with van der Waals surface area (Å²) in [5, 5.41) is 3.83. The van der Waals surface area contributed by atoms with E-state index in [0.717, 1.165) is 31.2 Å². The summed E-state index contributed by atoms with van der Waals surface area (Å²) >= 11 is 13.7. The molecular weight excluding hydrogens is 419 g/mol. The number of rotatable bonds is 7. The third-order valence-corrected chi connectivity index (χ3v) is 6.78. The van der Waals surface area contributed by atoms with E-state index in [1.165, 1.54) is 4.90 Å². The number of thioether (sulfide) groups is 1. The predicted molar refractivity (Wildman–Crippen MR) is 112 cm³/mol. The average molecular weight is 443 g/mol. The second-order valence-electron chi connectivity index (χ2n) is 7.29. The van der Waals surface area contributed by atoms with Gasteiger partial charge in [0.1, 0.15) is 6.04 Å².